The number of hydrogen-bond acceptors (Lipinski definition) is 3. The number of nitrogen functional groups attached to an aromatic ring is 1. The second kappa shape index (κ2) is 3.77. The lowest BCUT2D eigenvalue weighted by atomic mass is 10.2. The molecule has 0 spiro atoms. The molecule has 0 aliphatic carbocycles. The van der Waals surface area contributed by atoms with Gasteiger partial charge < -0.3 is 5.73 Å². The Balaban J connectivity index is 2.57. The maximum Gasteiger partial charge on any atom is 0.114 e. The summed E-state index contributed by atoms with van der Waals surface area (Å²) in [5, 5.41) is 1.84. The third kappa shape index (κ3) is 1.85. The van der Waals surface area contributed by atoms with Crippen molar-refractivity contribution < 1.29 is 0 Å². The second-order valence-electron chi connectivity index (χ2n) is 2.72. The lowest BCUT2D eigenvalue weighted by Gasteiger charge is -2.00. The molecular formula is C9H6Cl2N2S. The highest BCUT2D eigenvalue weighted by Crippen LogP contribution is 2.31. The summed E-state index contributed by atoms with van der Waals surface area (Å²) in [4.78, 5) is 4.14. The summed E-state index contributed by atoms with van der Waals surface area (Å²) in [5.74, 6) is 0. The first-order valence-corrected chi connectivity index (χ1v) is 5.46. The Kier molecular flexibility index (Phi) is 2.63. The zero-order valence-corrected chi connectivity index (χ0v) is 9.33. The molecule has 2 rings (SSSR count). The van der Waals surface area contributed by atoms with Gasteiger partial charge in [0.2, 0.25) is 0 Å². The molecule has 0 radical (unpaired) electrons. The summed E-state index contributed by atoms with van der Waals surface area (Å²) in [6, 6.07) is 5.26. The summed E-state index contributed by atoms with van der Waals surface area (Å²) in [7, 11) is 0. The molecule has 14 heavy (non-hydrogen) atoms. The van der Waals surface area contributed by atoms with Crippen molar-refractivity contribution in [2.45, 2.75) is 0 Å². The van der Waals surface area contributed by atoms with Crippen LogP contribution in [0.3, 0.4) is 0 Å². The minimum absolute atomic E-state index is 0.583. The van der Waals surface area contributed by atoms with E-state index in [0.717, 1.165) is 11.3 Å². The number of hydrogen-bond donors (Lipinski definition) is 1. The van der Waals surface area contributed by atoms with Crippen molar-refractivity contribution >= 4 is 39.5 Å². The predicted octanol–water partition coefficient (Wildman–Crippen LogP) is 3.70. The quantitative estimate of drug-likeness (QED) is 0.831. The normalized spacial score (nSPS) is 10.4. The fourth-order valence-corrected chi connectivity index (χ4v) is 2.24. The van der Waals surface area contributed by atoms with E-state index in [1.54, 1.807) is 23.7 Å². The third-order valence-electron chi connectivity index (χ3n) is 1.73. The minimum Gasteiger partial charge on any atom is -0.389 e. The molecule has 72 valence electrons. The molecule has 0 saturated carbocycles. The first-order valence-electron chi connectivity index (χ1n) is 3.82. The van der Waals surface area contributed by atoms with E-state index in [1.165, 1.54) is 11.3 Å². The molecule has 0 unspecified atom stereocenters. The van der Waals surface area contributed by atoms with E-state index in [2.05, 4.69) is 4.98 Å². The highest BCUT2D eigenvalue weighted by Gasteiger charge is 2.07. The van der Waals surface area contributed by atoms with E-state index in [-0.39, 0.29) is 0 Å². The van der Waals surface area contributed by atoms with E-state index >= 15 is 0 Å². The summed E-state index contributed by atoms with van der Waals surface area (Å²) < 4.78 is 0. The molecule has 0 amide bonds. The number of nitrogens with two attached hydrogens (primary N) is 1. The molecule has 0 bridgehead atoms. The van der Waals surface area contributed by atoms with Crippen molar-refractivity contribution in [2.24, 2.45) is 0 Å². The standard InChI is InChI=1S/C9H6Cl2N2S/c10-6-1-5(2-7(11)3-6)8-9(12)14-4-13-8/h1-4H,12H2. The molecule has 2 N–H and O–H groups in total. The van der Waals surface area contributed by atoms with Crippen molar-refractivity contribution in [3.05, 3.63) is 33.8 Å². The van der Waals surface area contributed by atoms with E-state index in [0.29, 0.717) is 15.0 Å². The molecule has 0 fully saturated rings. The highest BCUT2D eigenvalue weighted by molar-refractivity contribution is 7.14. The molecule has 2 aromatic rings. The van der Waals surface area contributed by atoms with Crippen LogP contribution < -0.4 is 5.73 Å². The monoisotopic (exact) mass is 244 g/mol. The van der Waals surface area contributed by atoms with Crippen LogP contribution in [0.15, 0.2) is 23.7 Å². The largest absolute Gasteiger partial charge is 0.389 e. The number of anilines is 1. The van der Waals surface area contributed by atoms with Crippen molar-refractivity contribution in [3.8, 4) is 11.3 Å². The van der Waals surface area contributed by atoms with Gasteiger partial charge in [0.25, 0.3) is 0 Å². The van der Waals surface area contributed by atoms with Crippen molar-refractivity contribution in [1.82, 2.24) is 4.98 Å². The number of halogens is 2. The Morgan fingerprint density at radius 1 is 1.14 bits per heavy atom. The maximum atomic E-state index is 5.87. The molecule has 0 atom stereocenters. The molecular weight excluding hydrogens is 239 g/mol. The van der Waals surface area contributed by atoms with E-state index in [9.17, 15) is 0 Å². The molecule has 1 aromatic heterocycles. The molecule has 0 aliphatic rings. The van der Waals surface area contributed by atoms with Gasteiger partial charge in [-0.1, -0.05) is 23.2 Å². The fourth-order valence-electron chi connectivity index (χ4n) is 1.16. The Morgan fingerprint density at radius 2 is 1.79 bits per heavy atom. The van der Waals surface area contributed by atoms with Gasteiger partial charge in [0.05, 0.1) is 5.51 Å². The number of thiazole rings is 1. The molecule has 1 heterocycles. The van der Waals surface area contributed by atoms with E-state index in [4.69, 9.17) is 28.9 Å². The molecule has 2 nitrogen and oxygen atoms in total. The van der Waals surface area contributed by atoms with Gasteiger partial charge in [0.1, 0.15) is 10.7 Å². The van der Waals surface area contributed by atoms with Crippen LogP contribution in [0.1, 0.15) is 0 Å². The minimum atomic E-state index is 0.583. The number of benzene rings is 1. The van der Waals surface area contributed by atoms with E-state index in [1.807, 2.05) is 0 Å². The van der Waals surface area contributed by atoms with Gasteiger partial charge in [-0.05, 0) is 18.2 Å². The second-order valence-corrected chi connectivity index (χ2v) is 4.48. The average Bonchev–Trinajstić information content (AvgIpc) is 2.49. The topological polar surface area (TPSA) is 38.9 Å². The summed E-state index contributed by atoms with van der Waals surface area (Å²) in [6.45, 7) is 0. The molecule has 0 aliphatic heterocycles. The van der Waals surface area contributed by atoms with Gasteiger partial charge in [-0.3, -0.25) is 0 Å². The number of nitrogens with zero attached hydrogens (tertiary/aromatic N) is 1. The SMILES string of the molecule is Nc1scnc1-c1cc(Cl)cc(Cl)c1. The lowest BCUT2D eigenvalue weighted by Crippen LogP contribution is -1.85. The van der Waals surface area contributed by atoms with E-state index < -0.39 is 0 Å². The zero-order chi connectivity index (χ0) is 10.1. The van der Waals surface area contributed by atoms with Gasteiger partial charge in [-0.15, -0.1) is 11.3 Å². The summed E-state index contributed by atoms with van der Waals surface area (Å²) >= 11 is 13.1. The Bertz CT molecular complexity index is 447. The fraction of sp³-hybridized carbons (Fsp3) is 0. The average molecular weight is 245 g/mol. The van der Waals surface area contributed by atoms with Crippen molar-refractivity contribution in [1.29, 1.82) is 0 Å². The maximum absolute atomic E-state index is 5.87. The van der Waals surface area contributed by atoms with Crippen LogP contribution in [0.4, 0.5) is 5.00 Å². The smallest absolute Gasteiger partial charge is 0.114 e. The van der Waals surface area contributed by atoms with Gasteiger partial charge in [0.15, 0.2) is 0 Å². The van der Waals surface area contributed by atoms with Gasteiger partial charge in [-0.2, -0.15) is 0 Å². The molecule has 0 saturated heterocycles. The van der Waals surface area contributed by atoms with Crippen molar-refractivity contribution in [3.63, 3.8) is 0 Å². The van der Waals surface area contributed by atoms with Gasteiger partial charge >= 0.3 is 0 Å². The Morgan fingerprint density at radius 3 is 2.29 bits per heavy atom. The van der Waals surface area contributed by atoms with Crippen LogP contribution in [0, 0.1) is 0 Å². The Hall–Kier alpha value is -0.770. The third-order valence-corrected chi connectivity index (χ3v) is 2.83. The van der Waals surface area contributed by atoms with Crippen molar-refractivity contribution in [2.75, 3.05) is 5.73 Å². The van der Waals surface area contributed by atoms with Crippen LogP contribution >= 0.6 is 34.5 Å². The van der Waals surface area contributed by atoms with Crippen LogP contribution in [-0.2, 0) is 0 Å². The first kappa shape index (κ1) is 9.77. The first-order chi connectivity index (χ1) is 6.66. The number of rotatable bonds is 1. The van der Waals surface area contributed by atoms with Crippen LogP contribution in [0.25, 0.3) is 11.3 Å². The Labute approximate surface area is 95.3 Å². The van der Waals surface area contributed by atoms with Crippen LogP contribution in [0.5, 0.6) is 0 Å². The van der Waals surface area contributed by atoms with Crippen LogP contribution in [0.2, 0.25) is 10.0 Å². The van der Waals surface area contributed by atoms with Gasteiger partial charge in [-0.25, -0.2) is 4.98 Å². The molecule has 1 aromatic carbocycles. The highest BCUT2D eigenvalue weighted by atomic mass is 35.5. The summed E-state index contributed by atoms with van der Waals surface area (Å²) in [6.07, 6.45) is 0. The van der Waals surface area contributed by atoms with Gasteiger partial charge in [0, 0.05) is 15.6 Å². The molecule has 5 heteroatoms. The van der Waals surface area contributed by atoms with Crippen LogP contribution in [-0.4, -0.2) is 4.98 Å². The number of aromatic nitrogens is 1. The lowest BCUT2D eigenvalue weighted by molar-refractivity contribution is 1.41. The predicted molar refractivity (Wildman–Crippen MR) is 62.0 cm³/mol. The zero-order valence-electron chi connectivity index (χ0n) is 7.00. The summed E-state index contributed by atoms with van der Waals surface area (Å²) in [5.41, 5.74) is 9.02.